The molecular formula is C19H11BrFN3O2. The molecule has 0 radical (unpaired) electrons. The Morgan fingerprint density at radius 1 is 1.04 bits per heavy atom. The van der Waals surface area contributed by atoms with E-state index in [0.29, 0.717) is 28.0 Å². The summed E-state index contributed by atoms with van der Waals surface area (Å²) in [5.74, 6) is -1.45. The van der Waals surface area contributed by atoms with Gasteiger partial charge in [0.15, 0.2) is 5.65 Å². The Morgan fingerprint density at radius 2 is 1.69 bits per heavy atom. The van der Waals surface area contributed by atoms with Gasteiger partial charge in [-0.25, -0.2) is 14.2 Å². The lowest BCUT2D eigenvalue weighted by molar-refractivity contribution is 0.0699. The van der Waals surface area contributed by atoms with Crippen LogP contribution in [0.4, 0.5) is 4.39 Å². The number of halogens is 2. The van der Waals surface area contributed by atoms with Crippen LogP contribution in [0.1, 0.15) is 10.4 Å². The van der Waals surface area contributed by atoms with Crippen molar-refractivity contribution < 1.29 is 14.3 Å². The topological polar surface area (TPSA) is 78.9 Å². The molecule has 128 valence electrons. The molecule has 0 aliphatic carbocycles. The highest BCUT2D eigenvalue weighted by molar-refractivity contribution is 9.10. The van der Waals surface area contributed by atoms with Gasteiger partial charge in [0.05, 0.1) is 22.3 Å². The van der Waals surface area contributed by atoms with Gasteiger partial charge in [-0.3, -0.25) is 5.10 Å². The molecule has 26 heavy (non-hydrogen) atoms. The first-order chi connectivity index (χ1) is 12.5. The van der Waals surface area contributed by atoms with Gasteiger partial charge in [0, 0.05) is 15.6 Å². The van der Waals surface area contributed by atoms with Gasteiger partial charge >= 0.3 is 5.97 Å². The zero-order chi connectivity index (χ0) is 18.3. The monoisotopic (exact) mass is 411 g/mol. The van der Waals surface area contributed by atoms with Gasteiger partial charge in [-0.15, -0.1) is 0 Å². The van der Waals surface area contributed by atoms with E-state index in [9.17, 15) is 14.3 Å². The standard InChI is InChI=1S/C19H11BrFN3O2/c20-12-5-1-11(2-6-12)17-16-14(19(25)26)9-15(22-18(16)24-23-17)10-3-7-13(21)8-4-10/h1-9H,(H,25,26)(H,22,23,24). The van der Waals surface area contributed by atoms with Crippen molar-refractivity contribution >= 4 is 32.9 Å². The van der Waals surface area contributed by atoms with Crippen molar-refractivity contribution in [2.24, 2.45) is 0 Å². The third-order valence-electron chi connectivity index (χ3n) is 4.03. The van der Waals surface area contributed by atoms with E-state index in [4.69, 9.17) is 0 Å². The van der Waals surface area contributed by atoms with Crippen molar-refractivity contribution in [3.8, 4) is 22.5 Å². The minimum atomic E-state index is -1.08. The smallest absolute Gasteiger partial charge is 0.336 e. The first-order valence-corrected chi connectivity index (χ1v) is 8.46. The number of hydrogen-bond acceptors (Lipinski definition) is 3. The minimum Gasteiger partial charge on any atom is -0.478 e. The van der Waals surface area contributed by atoms with Gasteiger partial charge in [-0.2, -0.15) is 5.10 Å². The molecule has 0 saturated carbocycles. The van der Waals surface area contributed by atoms with Crippen LogP contribution in [0.2, 0.25) is 0 Å². The molecule has 0 bridgehead atoms. The van der Waals surface area contributed by atoms with Crippen molar-refractivity contribution in [1.82, 2.24) is 15.2 Å². The summed E-state index contributed by atoms with van der Waals surface area (Å²) >= 11 is 3.38. The van der Waals surface area contributed by atoms with Crippen molar-refractivity contribution in [2.75, 3.05) is 0 Å². The summed E-state index contributed by atoms with van der Waals surface area (Å²) in [6, 6.07) is 14.6. The maximum atomic E-state index is 13.1. The number of aromatic carboxylic acids is 1. The van der Waals surface area contributed by atoms with Crippen LogP contribution in [0.15, 0.2) is 59.1 Å². The van der Waals surface area contributed by atoms with Crippen LogP contribution in [0.5, 0.6) is 0 Å². The number of nitrogens with zero attached hydrogens (tertiary/aromatic N) is 2. The molecule has 0 unspecified atom stereocenters. The Balaban J connectivity index is 1.94. The maximum absolute atomic E-state index is 13.1. The van der Waals surface area contributed by atoms with Crippen LogP contribution < -0.4 is 0 Å². The number of hydrogen-bond donors (Lipinski definition) is 2. The molecule has 0 atom stereocenters. The second kappa shape index (κ2) is 6.34. The van der Waals surface area contributed by atoms with E-state index in [1.54, 1.807) is 12.1 Å². The molecular weight excluding hydrogens is 401 g/mol. The predicted octanol–water partition coefficient (Wildman–Crippen LogP) is 4.89. The van der Waals surface area contributed by atoms with Gasteiger partial charge in [-0.1, -0.05) is 28.1 Å². The number of aromatic nitrogens is 3. The summed E-state index contributed by atoms with van der Waals surface area (Å²) in [5, 5.41) is 17.2. The van der Waals surface area contributed by atoms with E-state index in [2.05, 4.69) is 31.1 Å². The second-order valence-electron chi connectivity index (χ2n) is 5.67. The summed E-state index contributed by atoms with van der Waals surface area (Å²) in [6.45, 7) is 0. The fourth-order valence-corrected chi connectivity index (χ4v) is 3.05. The number of carboxylic acid groups (broad SMARTS) is 1. The molecule has 0 spiro atoms. The lowest BCUT2D eigenvalue weighted by Crippen LogP contribution is -2.00. The van der Waals surface area contributed by atoms with Gasteiger partial charge in [0.2, 0.25) is 0 Å². The largest absolute Gasteiger partial charge is 0.478 e. The third-order valence-corrected chi connectivity index (χ3v) is 4.56. The molecule has 4 aromatic rings. The molecule has 0 aliphatic rings. The highest BCUT2D eigenvalue weighted by Gasteiger charge is 2.19. The number of pyridine rings is 1. The summed E-state index contributed by atoms with van der Waals surface area (Å²) in [5.41, 5.74) is 2.80. The van der Waals surface area contributed by atoms with Gasteiger partial charge < -0.3 is 5.11 Å². The van der Waals surface area contributed by atoms with Crippen LogP contribution in [-0.2, 0) is 0 Å². The van der Waals surface area contributed by atoms with E-state index < -0.39 is 5.97 Å². The van der Waals surface area contributed by atoms with Crippen molar-refractivity contribution in [1.29, 1.82) is 0 Å². The number of rotatable bonds is 3. The number of H-pyrrole nitrogens is 1. The number of nitrogens with one attached hydrogen (secondary N) is 1. The third kappa shape index (κ3) is 2.86. The van der Waals surface area contributed by atoms with Gasteiger partial charge in [0.1, 0.15) is 5.82 Å². The molecule has 0 saturated heterocycles. The first-order valence-electron chi connectivity index (χ1n) is 7.67. The molecule has 2 N–H and O–H groups in total. The van der Waals surface area contributed by atoms with Crippen LogP contribution >= 0.6 is 15.9 Å². The summed E-state index contributed by atoms with van der Waals surface area (Å²) in [4.78, 5) is 16.3. The van der Waals surface area contributed by atoms with Crippen molar-refractivity contribution in [3.05, 3.63) is 70.5 Å². The number of benzene rings is 2. The van der Waals surface area contributed by atoms with E-state index in [1.807, 2.05) is 24.3 Å². The molecule has 0 amide bonds. The lowest BCUT2D eigenvalue weighted by Gasteiger charge is -2.06. The zero-order valence-electron chi connectivity index (χ0n) is 13.2. The van der Waals surface area contributed by atoms with E-state index in [-0.39, 0.29) is 11.4 Å². The Labute approximate surface area is 155 Å². The SMILES string of the molecule is O=C(O)c1cc(-c2ccc(F)cc2)nc2n[nH]c(-c3ccc(Br)cc3)c12. The van der Waals surface area contributed by atoms with Crippen LogP contribution in [0.3, 0.4) is 0 Å². The second-order valence-corrected chi connectivity index (χ2v) is 6.59. The molecule has 7 heteroatoms. The fraction of sp³-hybridized carbons (Fsp3) is 0. The number of fused-ring (bicyclic) bond motifs is 1. The lowest BCUT2D eigenvalue weighted by atomic mass is 10.0. The summed E-state index contributed by atoms with van der Waals surface area (Å²) in [7, 11) is 0. The van der Waals surface area contributed by atoms with Gasteiger partial charge in [0.25, 0.3) is 0 Å². The molecule has 2 aromatic heterocycles. The number of carboxylic acids is 1. The summed E-state index contributed by atoms with van der Waals surface area (Å²) < 4.78 is 14.1. The van der Waals surface area contributed by atoms with E-state index >= 15 is 0 Å². The van der Waals surface area contributed by atoms with Crippen LogP contribution in [0.25, 0.3) is 33.5 Å². The number of aromatic amines is 1. The van der Waals surface area contributed by atoms with Crippen molar-refractivity contribution in [2.45, 2.75) is 0 Å². The Hall–Kier alpha value is -3.06. The molecule has 5 nitrogen and oxygen atoms in total. The highest BCUT2D eigenvalue weighted by atomic mass is 79.9. The predicted molar refractivity (Wildman–Crippen MR) is 99.4 cm³/mol. The molecule has 2 heterocycles. The van der Waals surface area contributed by atoms with Crippen LogP contribution in [-0.4, -0.2) is 26.3 Å². The highest BCUT2D eigenvalue weighted by Crippen LogP contribution is 2.32. The normalized spacial score (nSPS) is 11.0. The molecule has 0 fully saturated rings. The average molecular weight is 412 g/mol. The first kappa shape index (κ1) is 16.4. The van der Waals surface area contributed by atoms with Crippen LogP contribution in [0, 0.1) is 5.82 Å². The molecule has 0 aliphatic heterocycles. The summed E-state index contributed by atoms with van der Waals surface area (Å²) in [6.07, 6.45) is 0. The molecule has 4 rings (SSSR count). The maximum Gasteiger partial charge on any atom is 0.336 e. The van der Waals surface area contributed by atoms with Gasteiger partial charge in [-0.05, 0) is 42.5 Å². The fourth-order valence-electron chi connectivity index (χ4n) is 2.79. The minimum absolute atomic E-state index is 0.0843. The van der Waals surface area contributed by atoms with Crippen molar-refractivity contribution in [3.63, 3.8) is 0 Å². The number of carbonyl (C=O) groups is 1. The average Bonchev–Trinajstić information content (AvgIpc) is 3.06. The Bertz CT molecular complexity index is 1120. The Morgan fingerprint density at radius 3 is 2.35 bits per heavy atom. The molecule has 2 aromatic carbocycles. The Kier molecular flexibility index (Phi) is 4.00. The zero-order valence-corrected chi connectivity index (χ0v) is 14.8. The van der Waals surface area contributed by atoms with E-state index in [1.165, 1.54) is 18.2 Å². The quantitative estimate of drug-likeness (QED) is 0.502. The van der Waals surface area contributed by atoms with E-state index in [0.717, 1.165) is 10.0 Å².